The molecule has 1 aliphatic rings. The Labute approximate surface area is 94.4 Å². The van der Waals surface area contributed by atoms with Gasteiger partial charge in [0.15, 0.2) is 0 Å². The molecule has 0 bridgehead atoms. The number of carbonyl (C=O) groups is 2. The Hall–Kier alpha value is -1.36. The Morgan fingerprint density at radius 2 is 2.12 bits per heavy atom. The topological polar surface area (TPSA) is 77.8 Å². The van der Waals surface area contributed by atoms with Crippen molar-refractivity contribution in [1.29, 1.82) is 0 Å². The number of aliphatic carboxylic acids is 1. The number of β-amino-alcohol motifs (C(OH)–C–C–N with tert-alkyl or cyclic N) is 1. The Bertz CT molecular complexity index is 324. The van der Waals surface area contributed by atoms with E-state index >= 15 is 0 Å². The summed E-state index contributed by atoms with van der Waals surface area (Å²) in [6.45, 7) is 3.67. The molecule has 1 amide bonds. The molecule has 0 spiro atoms. The highest BCUT2D eigenvalue weighted by molar-refractivity contribution is 5.95. The van der Waals surface area contributed by atoms with E-state index in [9.17, 15) is 14.7 Å². The molecular formula is C11H17NO4. The summed E-state index contributed by atoms with van der Waals surface area (Å²) in [5, 5.41) is 18.3. The van der Waals surface area contributed by atoms with Gasteiger partial charge in [-0.1, -0.05) is 13.0 Å². The summed E-state index contributed by atoms with van der Waals surface area (Å²) in [5.41, 5.74) is 0.530. The van der Waals surface area contributed by atoms with Gasteiger partial charge >= 0.3 is 5.97 Å². The number of allylic oxidation sites excluding steroid dienone is 1. The molecule has 0 unspecified atom stereocenters. The first-order valence-electron chi connectivity index (χ1n) is 5.36. The molecule has 2 N–H and O–H groups in total. The monoisotopic (exact) mass is 227 g/mol. The minimum Gasteiger partial charge on any atom is -0.480 e. The van der Waals surface area contributed by atoms with Gasteiger partial charge in [-0.05, 0) is 13.3 Å². The van der Waals surface area contributed by atoms with Gasteiger partial charge in [0.25, 0.3) is 0 Å². The molecule has 2 atom stereocenters. The lowest BCUT2D eigenvalue weighted by atomic mass is 10.2. The molecule has 1 fully saturated rings. The molecule has 90 valence electrons. The second kappa shape index (κ2) is 5.12. The maximum atomic E-state index is 11.9. The highest BCUT2D eigenvalue weighted by Crippen LogP contribution is 2.20. The number of carboxylic acid groups (broad SMARTS) is 1. The van der Waals surface area contributed by atoms with Crippen molar-refractivity contribution < 1.29 is 19.8 Å². The van der Waals surface area contributed by atoms with Crippen LogP contribution >= 0.6 is 0 Å². The van der Waals surface area contributed by atoms with Crippen LogP contribution < -0.4 is 0 Å². The SMILES string of the molecule is CCC=C(C)C(=O)N1C[C@H](O)C[C@@H]1C(=O)O. The maximum Gasteiger partial charge on any atom is 0.326 e. The van der Waals surface area contributed by atoms with E-state index < -0.39 is 18.1 Å². The third-order valence-corrected chi connectivity index (χ3v) is 2.67. The van der Waals surface area contributed by atoms with Crippen LogP contribution in [0.1, 0.15) is 26.7 Å². The van der Waals surface area contributed by atoms with E-state index in [0.29, 0.717) is 5.57 Å². The summed E-state index contributed by atoms with van der Waals surface area (Å²) in [6.07, 6.45) is 1.86. The number of likely N-dealkylation sites (tertiary alicyclic amines) is 1. The lowest BCUT2D eigenvalue weighted by Crippen LogP contribution is -2.41. The summed E-state index contributed by atoms with van der Waals surface area (Å²) >= 11 is 0. The molecule has 5 nitrogen and oxygen atoms in total. The summed E-state index contributed by atoms with van der Waals surface area (Å²) < 4.78 is 0. The Balaban J connectivity index is 2.82. The first kappa shape index (κ1) is 12.7. The molecule has 16 heavy (non-hydrogen) atoms. The third-order valence-electron chi connectivity index (χ3n) is 2.67. The van der Waals surface area contributed by atoms with E-state index in [2.05, 4.69) is 0 Å². The minimum atomic E-state index is -1.06. The normalized spacial score (nSPS) is 25.9. The van der Waals surface area contributed by atoms with Gasteiger partial charge in [-0.3, -0.25) is 4.79 Å². The zero-order valence-corrected chi connectivity index (χ0v) is 9.51. The van der Waals surface area contributed by atoms with E-state index in [-0.39, 0.29) is 18.9 Å². The Morgan fingerprint density at radius 3 is 2.62 bits per heavy atom. The van der Waals surface area contributed by atoms with Gasteiger partial charge in [-0.15, -0.1) is 0 Å². The molecule has 1 saturated heterocycles. The summed E-state index contributed by atoms with van der Waals surface area (Å²) in [4.78, 5) is 24.0. The zero-order valence-electron chi connectivity index (χ0n) is 9.51. The first-order valence-corrected chi connectivity index (χ1v) is 5.36. The molecule has 0 aromatic carbocycles. The van der Waals surface area contributed by atoms with Crippen LogP contribution in [-0.4, -0.2) is 45.7 Å². The molecule has 0 aromatic heterocycles. The number of hydrogen-bond acceptors (Lipinski definition) is 3. The van der Waals surface area contributed by atoms with Crippen LogP contribution in [0.3, 0.4) is 0 Å². The number of aliphatic hydroxyl groups is 1. The van der Waals surface area contributed by atoms with Crippen LogP contribution in [0.25, 0.3) is 0 Å². The standard InChI is InChI=1S/C11H17NO4/c1-3-4-7(2)10(14)12-6-8(13)5-9(12)11(15)16/h4,8-9,13H,3,5-6H2,1-2H3,(H,15,16)/t8-,9-/m1/s1. The van der Waals surface area contributed by atoms with Gasteiger partial charge in [-0.2, -0.15) is 0 Å². The van der Waals surface area contributed by atoms with Gasteiger partial charge in [0, 0.05) is 18.5 Å². The fourth-order valence-corrected chi connectivity index (χ4v) is 1.89. The Morgan fingerprint density at radius 1 is 1.50 bits per heavy atom. The summed E-state index contributed by atoms with van der Waals surface area (Å²) in [6, 6.07) is -0.900. The molecule has 5 heteroatoms. The van der Waals surface area contributed by atoms with Crippen LogP contribution in [0.2, 0.25) is 0 Å². The largest absolute Gasteiger partial charge is 0.480 e. The Kier molecular flexibility index (Phi) is 4.06. The number of amides is 1. The van der Waals surface area contributed by atoms with Crippen molar-refractivity contribution in [3.63, 3.8) is 0 Å². The fourth-order valence-electron chi connectivity index (χ4n) is 1.89. The van der Waals surface area contributed by atoms with Crippen LogP contribution in [0, 0.1) is 0 Å². The average molecular weight is 227 g/mol. The molecule has 1 heterocycles. The van der Waals surface area contributed by atoms with E-state index in [1.54, 1.807) is 13.0 Å². The van der Waals surface area contributed by atoms with Crippen molar-refractivity contribution >= 4 is 11.9 Å². The van der Waals surface area contributed by atoms with E-state index in [4.69, 9.17) is 5.11 Å². The van der Waals surface area contributed by atoms with E-state index in [1.165, 1.54) is 4.90 Å². The second-order valence-corrected chi connectivity index (χ2v) is 4.00. The zero-order chi connectivity index (χ0) is 12.3. The fraction of sp³-hybridized carbons (Fsp3) is 0.636. The summed E-state index contributed by atoms with van der Waals surface area (Å²) in [7, 11) is 0. The smallest absolute Gasteiger partial charge is 0.326 e. The molecule has 0 aliphatic carbocycles. The van der Waals surface area contributed by atoms with Crippen LogP contribution in [-0.2, 0) is 9.59 Å². The van der Waals surface area contributed by atoms with Gasteiger partial charge in [0.1, 0.15) is 6.04 Å². The lowest BCUT2D eigenvalue weighted by molar-refractivity contribution is -0.146. The van der Waals surface area contributed by atoms with Crippen LogP contribution in [0.15, 0.2) is 11.6 Å². The van der Waals surface area contributed by atoms with Crippen molar-refractivity contribution in [3.05, 3.63) is 11.6 Å². The second-order valence-electron chi connectivity index (χ2n) is 4.00. The van der Waals surface area contributed by atoms with Crippen molar-refractivity contribution in [2.45, 2.75) is 38.8 Å². The minimum absolute atomic E-state index is 0.102. The molecule has 1 rings (SSSR count). The quantitative estimate of drug-likeness (QED) is 0.684. The van der Waals surface area contributed by atoms with Crippen LogP contribution in [0.4, 0.5) is 0 Å². The van der Waals surface area contributed by atoms with Crippen molar-refractivity contribution in [1.82, 2.24) is 4.90 Å². The van der Waals surface area contributed by atoms with Crippen LogP contribution in [0.5, 0.6) is 0 Å². The van der Waals surface area contributed by atoms with Gasteiger partial charge < -0.3 is 15.1 Å². The number of carboxylic acids is 1. The average Bonchev–Trinajstić information content (AvgIpc) is 2.59. The predicted octanol–water partition coefficient (Wildman–Crippen LogP) is 0.389. The molecular weight excluding hydrogens is 210 g/mol. The highest BCUT2D eigenvalue weighted by atomic mass is 16.4. The van der Waals surface area contributed by atoms with Gasteiger partial charge in [-0.25, -0.2) is 4.79 Å². The van der Waals surface area contributed by atoms with E-state index in [1.807, 2.05) is 6.92 Å². The van der Waals surface area contributed by atoms with Crippen molar-refractivity contribution in [3.8, 4) is 0 Å². The summed E-state index contributed by atoms with van der Waals surface area (Å²) in [5.74, 6) is -1.36. The molecule has 0 aromatic rings. The number of rotatable bonds is 3. The number of hydrogen-bond donors (Lipinski definition) is 2. The molecule has 0 radical (unpaired) electrons. The predicted molar refractivity (Wildman–Crippen MR) is 57.8 cm³/mol. The highest BCUT2D eigenvalue weighted by Gasteiger charge is 2.38. The lowest BCUT2D eigenvalue weighted by Gasteiger charge is -2.21. The molecule has 1 aliphatic heterocycles. The number of carbonyl (C=O) groups excluding carboxylic acids is 1. The third kappa shape index (κ3) is 2.61. The van der Waals surface area contributed by atoms with Gasteiger partial charge in [0.2, 0.25) is 5.91 Å². The molecule has 0 saturated carbocycles. The first-order chi connectivity index (χ1) is 7.47. The van der Waals surface area contributed by atoms with Gasteiger partial charge in [0.05, 0.1) is 6.10 Å². The number of aliphatic hydroxyl groups excluding tert-OH is 1. The van der Waals surface area contributed by atoms with Crippen molar-refractivity contribution in [2.24, 2.45) is 0 Å². The number of nitrogens with zero attached hydrogens (tertiary/aromatic N) is 1. The van der Waals surface area contributed by atoms with E-state index in [0.717, 1.165) is 6.42 Å². The maximum absolute atomic E-state index is 11.9. The van der Waals surface area contributed by atoms with Crippen molar-refractivity contribution in [2.75, 3.05) is 6.54 Å².